The van der Waals surface area contributed by atoms with Gasteiger partial charge in [0, 0.05) is 23.8 Å². The quantitative estimate of drug-likeness (QED) is 0.00924. The Morgan fingerprint density at radius 2 is 1.01 bits per heavy atom. The molecule has 4 aliphatic rings. The maximum atomic E-state index is 14.0. The summed E-state index contributed by atoms with van der Waals surface area (Å²) in [4.78, 5) is 93.0. The lowest BCUT2D eigenvalue weighted by Gasteiger charge is -2.31. The fourth-order valence-electron chi connectivity index (χ4n) is 9.99. The van der Waals surface area contributed by atoms with Crippen LogP contribution in [0.2, 0.25) is 0 Å². The van der Waals surface area contributed by atoms with Gasteiger partial charge in [-0.2, -0.15) is 5.10 Å². The number of para-hydroxylation sites is 1. The van der Waals surface area contributed by atoms with Gasteiger partial charge in [-0.3, -0.25) is 19.2 Å². The molecule has 0 radical (unpaired) electrons. The molecule has 0 atom stereocenters. The van der Waals surface area contributed by atoms with Gasteiger partial charge in [0.25, 0.3) is 0 Å². The maximum absolute atomic E-state index is 14.0. The molecular weight excluding hydrogens is 1070 g/mol. The Hall–Kier alpha value is -6.85. The summed E-state index contributed by atoms with van der Waals surface area (Å²) in [6.45, 7) is 11.1. The molecule has 22 heteroatoms. The summed E-state index contributed by atoms with van der Waals surface area (Å²) in [6.07, 6.45) is 12.7. The summed E-state index contributed by atoms with van der Waals surface area (Å²) in [7, 11) is 0. The predicted octanol–water partition coefficient (Wildman–Crippen LogP) is 8.44. The van der Waals surface area contributed by atoms with Gasteiger partial charge >= 0.3 is 41.8 Å². The Kier molecular flexibility index (Phi) is 24.8. The molecule has 4 fully saturated rings. The van der Waals surface area contributed by atoms with Crippen LogP contribution in [0.25, 0.3) is 10.2 Å². The second kappa shape index (κ2) is 32.6. The van der Waals surface area contributed by atoms with Crippen LogP contribution in [-0.4, -0.2) is 131 Å². The van der Waals surface area contributed by atoms with E-state index in [0.29, 0.717) is 113 Å². The van der Waals surface area contributed by atoms with Gasteiger partial charge in [-0.25, -0.2) is 24.4 Å². The fourth-order valence-corrected chi connectivity index (χ4v) is 10.9. The van der Waals surface area contributed by atoms with Crippen molar-refractivity contribution in [2.75, 3.05) is 58.2 Å². The summed E-state index contributed by atoms with van der Waals surface area (Å²) in [5, 5.41) is 7.08. The SMILES string of the molecule is C=CC(=O)OCCOCCOCCN(/N=C/c1cc(OC(=O)C2CCC(C(=O)OC3CCC(OCOC(=O)C=C)CC3)CC2)ccc1OC(=O)C1CCC(C(=O)OC2CCC(OCOC(=O)C=C)CC2)CC1)c1nc2ccccc2s1. The third kappa shape index (κ3) is 20.0. The van der Waals surface area contributed by atoms with Crippen LogP contribution < -0.4 is 14.5 Å². The number of carbonyl (C=O) groups excluding carboxylic acids is 7. The van der Waals surface area contributed by atoms with Gasteiger partial charge in [0.15, 0.2) is 13.6 Å². The minimum Gasteiger partial charge on any atom is -0.462 e. The number of aromatic nitrogens is 1. The van der Waals surface area contributed by atoms with Crippen LogP contribution in [0.4, 0.5) is 5.13 Å². The third-order valence-corrected chi connectivity index (χ3v) is 15.7. The van der Waals surface area contributed by atoms with E-state index < -0.39 is 41.7 Å². The first-order valence-corrected chi connectivity index (χ1v) is 28.6. The van der Waals surface area contributed by atoms with Crippen molar-refractivity contribution in [1.29, 1.82) is 0 Å². The number of hydrazone groups is 1. The van der Waals surface area contributed by atoms with Crippen molar-refractivity contribution in [2.45, 2.75) is 127 Å². The van der Waals surface area contributed by atoms with E-state index in [1.54, 1.807) is 23.2 Å². The number of thiazole rings is 1. The zero-order valence-electron chi connectivity index (χ0n) is 45.7. The minimum absolute atomic E-state index is 0.0846. The molecule has 0 amide bonds. The zero-order chi connectivity index (χ0) is 57.3. The lowest BCUT2D eigenvalue weighted by Crippen LogP contribution is -2.33. The molecule has 81 heavy (non-hydrogen) atoms. The first kappa shape index (κ1) is 61.8. The van der Waals surface area contributed by atoms with Crippen molar-refractivity contribution in [3.8, 4) is 11.5 Å². The van der Waals surface area contributed by atoms with Crippen LogP contribution in [-0.2, 0) is 76.2 Å². The second-order valence-corrected chi connectivity index (χ2v) is 21.2. The van der Waals surface area contributed by atoms with Crippen LogP contribution in [0, 0.1) is 23.7 Å². The molecule has 0 saturated heterocycles. The predicted molar refractivity (Wildman–Crippen MR) is 295 cm³/mol. The van der Waals surface area contributed by atoms with Gasteiger partial charge in [0.1, 0.15) is 30.3 Å². The summed E-state index contributed by atoms with van der Waals surface area (Å²) in [5.41, 5.74) is 1.11. The molecule has 0 aliphatic heterocycles. The molecule has 3 aromatic rings. The summed E-state index contributed by atoms with van der Waals surface area (Å²) in [5.74, 6) is -4.43. The van der Waals surface area contributed by atoms with Gasteiger partial charge in [-0.05, 0) is 133 Å². The molecular formula is C59H73N3O18S. The lowest BCUT2D eigenvalue weighted by molar-refractivity contribution is -0.165. The Labute approximate surface area is 475 Å². The average molecular weight is 1140 g/mol. The highest BCUT2D eigenvalue weighted by Gasteiger charge is 2.36. The van der Waals surface area contributed by atoms with E-state index in [-0.39, 0.29) is 113 Å². The van der Waals surface area contributed by atoms with E-state index in [0.717, 1.165) is 28.4 Å². The number of fused-ring (bicyclic) bond motifs is 1. The van der Waals surface area contributed by atoms with Crippen molar-refractivity contribution < 1.29 is 85.7 Å². The Morgan fingerprint density at radius 3 is 1.54 bits per heavy atom. The first-order valence-electron chi connectivity index (χ1n) is 27.8. The van der Waals surface area contributed by atoms with Crippen molar-refractivity contribution in [1.82, 2.24) is 4.98 Å². The topological polar surface area (TPSA) is 250 Å². The van der Waals surface area contributed by atoms with E-state index in [9.17, 15) is 33.6 Å². The van der Waals surface area contributed by atoms with Crippen molar-refractivity contribution >= 4 is 74.7 Å². The van der Waals surface area contributed by atoms with Crippen LogP contribution in [0.5, 0.6) is 11.5 Å². The summed E-state index contributed by atoms with van der Waals surface area (Å²) < 4.78 is 62.3. The van der Waals surface area contributed by atoms with E-state index in [4.69, 9.17) is 62.2 Å². The summed E-state index contributed by atoms with van der Waals surface area (Å²) in [6, 6.07) is 12.4. The molecule has 4 aliphatic carbocycles. The van der Waals surface area contributed by atoms with Crippen molar-refractivity contribution in [3.63, 3.8) is 0 Å². The lowest BCUT2D eigenvalue weighted by atomic mass is 9.82. The number of esters is 7. The van der Waals surface area contributed by atoms with Gasteiger partial charge in [0.05, 0.1) is 85.3 Å². The standard InChI is InChI=1S/C59H73N3O18S/c1-4-52(63)72-34-33-71-32-31-70-30-29-62(59-61-49-9-7-8-10-51(49)81-59)60-36-43-35-48(79-57(68)41-13-11-39(12-14-41)55(66)77-46-23-19-44(20-24-46)73-37-75-53(64)5-2)27-28-50(43)80-58(69)42-17-15-40(16-18-42)56(67)78-47-25-21-45(22-26-47)74-38-76-54(65)6-3/h4-10,27-28,35-36,39-42,44-47H,1-3,11-26,29-34,37-38H2/b60-36+. The molecule has 0 spiro atoms. The molecule has 21 nitrogen and oxygen atoms in total. The largest absolute Gasteiger partial charge is 0.462 e. The number of benzene rings is 2. The maximum Gasteiger partial charge on any atom is 0.332 e. The molecule has 7 rings (SSSR count). The zero-order valence-corrected chi connectivity index (χ0v) is 46.5. The minimum atomic E-state index is -0.557. The molecule has 4 saturated carbocycles. The van der Waals surface area contributed by atoms with Crippen LogP contribution in [0.3, 0.4) is 0 Å². The molecule has 0 bridgehead atoms. The monoisotopic (exact) mass is 1140 g/mol. The van der Waals surface area contributed by atoms with Crippen LogP contribution >= 0.6 is 11.3 Å². The molecule has 0 N–H and O–H groups in total. The van der Waals surface area contributed by atoms with E-state index in [1.807, 2.05) is 24.3 Å². The van der Waals surface area contributed by atoms with Gasteiger partial charge < -0.3 is 52.1 Å². The number of hydrogen-bond donors (Lipinski definition) is 0. The van der Waals surface area contributed by atoms with Crippen molar-refractivity contribution in [2.24, 2.45) is 28.8 Å². The smallest absolute Gasteiger partial charge is 0.332 e. The third-order valence-electron chi connectivity index (χ3n) is 14.6. The number of nitrogens with zero attached hydrogens (tertiary/aromatic N) is 3. The van der Waals surface area contributed by atoms with Crippen LogP contribution in [0.1, 0.15) is 108 Å². The van der Waals surface area contributed by atoms with E-state index >= 15 is 0 Å². The van der Waals surface area contributed by atoms with E-state index in [2.05, 4.69) is 19.7 Å². The van der Waals surface area contributed by atoms with Gasteiger partial charge in [-0.1, -0.05) is 43.2 Å². The summed E-state index contributed by atoms with van der Waals surface area (Å²) >= 11 is 1.43. The number of hydrogen-bond acceptors (Lipinski definition) is 22. The Balaban J connectivity index is 0.960. The second-order valence-electron chi connectivity index (χ2n) is 20.1. The molecule has 1 aromatic heterocycles. The van der Waals surface area contributed by atoms with Gasteiger partial charge in [0.2, 0.25) is 5.13 Å². The highest BCUT2D eigenvalue weighted by atomic mass is 32.1. The molecule has 438 valence electrons. The Bertz CT molecular complexity index is 2610. The number of anilines is 1. The highest BCUT2D eigenvalue weighted by Crippen LogP contribution is 2.36. The van der Waals surface area contributed by atoms with E-state index in [1.165, 1.54) is 17.6 Å². The highest BCUT2D eigenvalue weighted by molar-refractivity contribution is 7.22. The first-order chi connectivity index (χ1) is 39.4. The molecule has 0 unspecified atom stereocenters. The fraction of sp³-hybridized carbons (Fsp3) is 0.542. The van der Waals surface area contributed by atoms with Gasteiger partial charge in [-0.15, -0.1) is 0 Å². The normalized spacial score (nSPS) is 22.8. The Morgan fingerprint density at radius 1 is 0.543 bits per heavy atom. The number of carbonyl (C=O) groups is 7. The molecule has 2 aromatic carbocycles. The molecule has 1 heterocycles. The number of rotatable bonds is 29. The van der Waals surface area contributed by atoms with Crippen LogP contribution in [0.15, 0.2) is 85.5 Å². The number of ether oxygens (including phenoxy) is 11. The van der Waals surface area contributed by atoms with Crippen molar-refractivity contribution in [3.05, 3.63) is 86.0 Å². The average Bonchev–Trinajstić information content (AvgIpc) is 4.09.